The Morgan fingerprint density at radius 1 is 0.475 bits per heavy atom. The smallest absolute Gasteiger partial charge is 0.223 e. The lowest BCUT2D eigenvalue weighted by molar-refractivity contribution is -0.662. The van der Waals surface area contributed by atoms with E-state index < -0.39 is 0 Å². The molecule has 4 aromatic heterocycles. The molecule has 40 heavy (non-hydrogen) atoms. The summed E-state index contributed by atoms with van der Waals surface area (Å²) in [5, 5.41) is 0. The molecular formula is C36H40N4+2. The number of benzene rings is 2. The molecule has 0 unspecified atom stereocenters. The molecule has 0 saturated carbocycles. The molecule has 0 atom stereocenters. The maximum absolute atomic E-state index is 2.55. The fraction of sp³-hybridized carbons (Fsp3) is 0.278. The Hall–Kier alpha value is -4.18. The summed E-state index contributed by atoms with van der Waals surface area (Å²) in [7, 11) is 0. The van der Waals surface area contributed by atoms with Gasteiger partial charge in [0, 0.05) is 36.1 Å². The lowest BCUT2D eigenvalue weighted by Gasteiger charge is -2.06. The van der Waals surface area contributed by atoms with Gasteiger partial charge in [-0.3, -0.25) is 0 Å². The van der Waals surface area contributed by atoms with Gasteiger partial charge in [-0.2, -0.15) is 8.80 Å². The molecule has 0 amide bonds. The first-order valence-corrected chi connectivity index (χ1v) is 15.0. The van der Waals surface area contributed by atoms with E-state index in [4.69, 9.17) is 0 Å². The number of imidazole rings is 2. The third kappa shape index (κ3) is 4.83. The molecule has 0 aliphatic heterocycles. The quantitative estimate of drug-likeness (QED) is 0.122. The van der Waals surface area contributed by atoms with E-state index in [1.807, 2.05) is 0 Å². The van der Waals surface area contributed by atoms with Crippen LogP contribution in [-0.4, -0.2) is 8.80 Å². The lowest BCUT2D eigenvalue weighted by Crippen LogP contribution is -2.36. The summed E-state index contributed by atoms with van der Waals surface area (Å²) in [5.41, 5.74) is 10.7. The Balaban J connectivity index is 1.19. The minimum Gasteiger partial charge on any atom is -0.223 e. The van der Waals surface area contributed by atoms with Crippen molar-refractivity contribution in [3.8, 4) is 22.5 Å². The second-order valence-electron chi connectivity index (χ2n) is 10.6. The number of unbranched alkanes of at least 4 members (excludes halogenated alkanes) is 3. The van der Waals surface area contributed by atoms with Crippen LogP contribution in [0.15, 0.2) is 109 Å². The van der Waals surface area contributed by atoms with Gasteiger partial charge < -0.3 is 0 Å². The third-order valence-electron chi connectivity index (χ3n) is 8.18. The summed E-state index contributed by atoms with van der Waals surface area (Å²) >= 11 is 0. The van der Waals surface area contributed by atoms with Crippen LogP contribution >= 0.6 is 0 Å². The van der Waals surface area contributed by atoms with Crippen molar-refractivity contribution in [2.24, 2.45) is 0 Å². The molecule has 6 aromatic rings. The van der Waals surface area contributed by atoms with Crippen LogP contribution in [-0.2, 0) is 25.9 Å². The Bertz CT molecular complexity index is 1580. The molecule has 4 heterocycles. The SMILES string of the molecule is CCc1c(-c2ccccc2)[n+](CCCCCC[n+]2c(-c3ccccc3)c(CC)n3ccccc32)c2ccccn12. The van der Waals surface area contributed by atoms with Crippen molar-refractivity contribution >= 4 is 11.3 Å². The standard InChI is InChI=1S/C36H40N4/c1-3-31-35(29-19-9-7-10-20-29)39(33-23-13-17-25-37(31)33)27-15-5-6-16-28-40-34-24-14-18-26-38(34)32(4-2)36(40)30-21-11-8-12-22-30/h7-14,17-26H,3-6,15-16,27-28H2,1-2H3/q+2. The van der Waals surface area contributed by atoms with Crippen LogP contribution < -0.4 is 9.13 Å². The van der Waals surface area contributed by atoms with Gasteiger partial charge in [0.2, 0.25) is 0 Å². The highest BCUT2D eigenvalue weighted by molar-refractivity contribution is 5.62. The van der Waals surface area contributed by atoms with Crippen LogP contribution in [0.5, 0.6) is 0 Å². The van der Waals surface area contributed by atoms with Gasteiger partial charge in [-0.05, 0) is 37.8 Å². The maximum Gasteiger partial charge on any atom is 0.286 e. The van der Waals surface area contributed by atoms with Gasteiger partial charge in [0.15, 0.2) is 22.8 Å². The van der Waals surface area contributed by atoms with E-state index in [0.29, 0.717) is 0 Å². The molecule has 6 rings (SSSR count). The van der Waals surface area contributed by atoms with Gasteiger partial charge in [-0.1, -0.05) is 86.6 Å². The van der Waals surface area contributed by atoms with Gasteiger partial charge in [-0.15, -0.1) is 0 Å². The average molecular weight is 529 g/mol. The van der Waals surface area contributed by atoms with Crippen LogP contribution in [0.3, 0.4) is 0 Å². The average Bonchev–Trinajstić information content (AvgIpc) is 3.51. The zero-order valence-electron chi connectivity index (χ0n) is 23.8. The predicted molar refractivity (Wildman–Crippen MR) is 163 cm³/mol. The fourth-order valence-electron chi connectivity index (χ4n) is 6.39. The van der Waals surface area contributed by atoms with Crippen LogP contribution in [0.4, 0.5) is 0 Å². The molecule has 0 spiro atoms. The number of pyridine rings is 2. The molecular weight excluding hydrogens is 488 g/mol. The molecule has 4 nitrogen and oxygen atoms in total. The Morgan fingerprint density at radius 3 is 1.27 bits per heavy atom. The van der Waals surface area contributed by atoms with Crippen molar-refractivity contribution in [2.75, 3.05) is 0 Å². The summed E-state index contributed by atoms with van der Waals surface area (Å²) in [4.78, 5) is 0. The van der Waals surface area contributed by atoms with Gasteiger partial charge >= 0.3 is 0 Å². The van der Waals surface area contributed by atoms with E-state index in [-0.39, 0.29) is 0 Å². The molecule has 0 aliphatic rings. The first kappa shape index (κ1) is 26.1. The van der Waals surface area contributed by atoms with Gasteiger partial charge in [0.05, 0.1) is 25.5 Å². The zero-order valence-corrected chi connectivity index (χ0v) is 23.8. The first-order chi connectivity index (χ1) is 19.8. The van der Waals surface area contributed by atoms with Crippen molar-refractivity contribution in [1.29, 1.82) is 0 Å². The summed E-state index contributed by atoms with van der Waals surface area (Å²) in [6, 6.07) is 34.9. The highest BCUT2D eigenvalue weighted by Gasteiger charge is 2.26. The van der Waals surface area contributed by atoms with E-state index in [2.05, 4.69) is 141 Å². The number of aryl methyl sites for hydroxylation is 4. The first-order valence-electron chi connectivity index (χ1n) is 15.0. The number of hydrogen-bond acceptors (Lipinski definition) is 0. The van der Waals surface area contributed by atoms with Gasteiger partial charge in [0.25, 0.3) is 11.3 Å². The predicted octanol–water partition coefficient (Wildman–Crippen LogP) is 7.49. The minimum absolute atomic E-state index is 1.01. The van der Waals surface area contributed by atoms with E-state index in [1.54, 1.807) is 0 Å². The number of aromatic nitrogens is 4. The summed E-state index contributed by atoms with van der Waals surface area (Å²) < 4.78 is 9.86. The maximum atomic E-state index is 2.55. The van der Waals surface area contributed by atoms with Crippen LogP contribution in [0.25, 0.3) is 33.8 Å². The lowest BCUT2D eigenvalue weighted by atomic mass is 10.1. The number of rotatable bonds is 11. The van der Waals surface area contributed by atoms with Crippen LogP contribution in [0.2, 0.25) is 0 Å². The largest absolute Gasteiger partial charge is 0.286 e. The minimum atomic E-state index is 1.01. The molecule has 0 aliphatic carbocycles. The monoisotopic (exact) mass is 528 g/mol. The zero-order chi connectivity index (χ0) is 27.3. The van der Waals surface area contributed by atoms with Crippen LogP contribution in [0, 0.1) is 0 Å². The number of hydrogen-bond donors (Lipinski definition) is 0. The highest BCUT2D eigenvalue weighted by atomic mass is 15.1. The second kappa shape index (κ2) is 11.9. The molecule has 202 valence electrons. The molecule has 0 fully saturated rings. The van der Waals surface area contributed by atoms with Gasteiger partial charge in [-0.25, -0.2) is 9.13 Å². The second-order valence-corrected chi connectivity index (χ2v) is 10.6. The molecule has 0 N–H and O–H groups in total. The Morgan fingerprint density at radius 2 is 0.875 bits per heavy atom. The van der Waals surface area contributed by atoms with Gasteiger partial charge in [0.1, 0.15) is 0 Å². The summed E-state index contributed by atoms with van der Waals surface area (Å²) in [6.07, 6.45) is 11.2. The van der Waals surface area contributed by atoms with E-state index >= 15 is 0 Å². The van der Waals surface area contributed by atoms with Crippen molar-refractivity contribution in [1.82, 2.24) is 8.80 Å². The molecule has 4 heteroatoms. The Labute approximate surface area is 237 Å². The van der Waals surface area contributed by atoms with E-state index in [0.717, 1.165) is 25.9 Å². The van der Waals surface area contributed by atoms with Crippen molar-refractivity contribution in [3.05, 3.63) is 121 Å². The van der Waals surface area contributed by atoms with Crippen molar-refractivity contribution in [3.63, 3.8) is 0 Å². The fourth-order valence-corrected chi connectivity index (χ4v) is 6.39. The van der Waals surface area contributed by atoms with E-state index in [9.17, 15) is 0 Å². The number of fused-ring (bicyclic) bond motifs is 2. The Kier molecular flexibility index (Phi) is 7.76. The topological polar surface area (TPSA) is 16.6 Å². The van der Waals surface area contributed by atoms with Crippen molar-refractivity contribution in [2.45, 2.75) is 65.5 Å². The molecule has 0 bridgehead atoms. The van der Waals surface area contributed by atoms with E-state index in [1.165, 1.54) is 70.9 Å². The van der Waals surface area contributed by atoms with Crippen molar-refractivity contribution < 1.29 is 9.13 Å². The molecule has 0 saturated heterocycles. The number of nitrogens with zero attached hydrogens (tertiary/aromatic N) is 4. The van der Waals surface area contributed by atoms with Crippen LogP contribution in [0.1, 0.15) is 50.9 Å². The molecule has 0 radical (unpaired) electrons. The normalized spacial score (nSPS) is 11.6. The molecule has 2 aromatic carbocycles. The summed E-state index contributed by atoms with van der Waals surface area (Å²) in [5.74, 6) is 0. The third-order valence-corrected chi connectivity index (χ3v) is 8.18. The summed E-state index contributed by atoms with van der Waals surface area (Å²) in [6.45, 7) is 6.61. The highest BCUT2D eigenvalue weighted by Crippen LogP contribution is 2.25.